The van der Waals surface area contributed by atoms with Crippen LogP contribution in [0.5, 0.6) is 5.75 Å². The summed E-state index contributed by atoms with van der Waals surface area (Å²) in [6.45, 7) is 0.182. The lowest BCUT2D eigenvalue weighted by atomic mass is 10.1. The third-order valence-electron chi connectivity index (χ3n) is 4.34. The first-order valence-corrected chi connectivity index (χ1v) is 10.4. The first-order valence-electron chi connectivity index (χ1n) is 8.87. The van der Waals surface area contributed by atoms with Gasteiger partial charge in [-0.1, -0.05) is 24.3 Å². The summed E-state index contributed by atoms with van der Waals surface area (Å²) < 4.78 is 38.2. The molecule has 0 aliphatic carbocycles. The van der Waals surface area contributed by atoms with Gasteiger partial charge in [0.05, 0.1) is 23.3 Å². The zero-order valence-corrected chi connectivity index (χ0v) is 16.1. The number of benzene rings is 2. The van der Waals surface area contributed by atoms with E-state index in [0.29, 0.717) is 17.0 Å². The largest absolute Gasteiger partial charge is 0.488 e. The number of sulfonamides is 1. The minimum absolute atomic E-state index is 0.0373. The van der Waals surface area contributed by atoms with Gasteiger partial charge in [-0.15, -0.1) is 0 Å². The summed E-state index contributed by atoms with van der Waals surface area (Å²) in [5.74, 6) is 0.875. The Morgan fingerprint density at radius 3 is 2.72 bits per heavy atom. The van der Waals surface area contributed by atoms with Crippen LogP contribution in [0.4, 0.5) is 5.69 Å². The summed E-state index contributed by atoms with van der Waals surface area (Å²) in [5.41, 5.74) is 1.64. The zero-order valence-electron chi connectivity index (χ0n) is 15.3. The maximum absolute atomic E-state index is 12.6. The number of furan rings is 1. The van der Waals surface area contributed by atoms with Crippen molar-refractivity contribution in [1.29, 1.82) is 0 Å². The fraction of sp³-hybridized carbons (Fsp3) is 0.0952. The molecule has 3 aromatic rings. The third kappa shape index (κ3) is 4.39. The maximum Gasteiger partial charge on any atom is 0.255 e. The van der Waals surface area contributed by atoms with Crippen LogP contribution in [0.3, 0.4) is 0 Å². The molecule has 29 heavy (non-hydrogen) atoms. The van der Waals surface area contributed by atoms with E-state index in [1.165, 1.54) is 18.4 Å². The predicted molar refractivity (Wildman–Crippen MR) is 108 cm³/mol. The summed E-state index contributed by atoms with van der Waals surface area (Å²) in [5, 5.41) is 2.73. The van der Waals surface area contributed by atoms with Crippen LogP contribution in [-0.2, 0) is 21.4 Å². The van der Waals surface area contributed by atoms with Gasteiger partial charge in [0.25, 0.3) is 5.91 Å². The number of para-hydroxylation sites is 1. The van der Waals surface area contributed by atoms with Gasteiger partial charge in [-0.2, -0.15) is 0 Å². The molecule has 0 saturated heterocycles. The SMILES string of the molecule is O=C(Nc1cccc(S(=O)(=O)NCc2ccco2)c1)C1=Cc2ccccc2OC1. The minimum atomic E-state index is -3.76. The molecule has 1 aliphatic heterocycles. The highest BCUT2D eigenvalue weighted by Crippen LogP contribution is 2.26. The molecular weight excluding hydrogens is 392 g/mol. The molecule has 0 radical (unpaired) electrons. The Kier molecular flexibility index (Phi) is 5.20. The highest BCUT2D eigenvalue weighted by atomic mass is 32.2. The highest BCUT2D eigenvalue weighted by Gasteiger charge is 2.19. The van der Waals surface area contributed by atoms with Crippen molar-refractivity contribution in [3.63, 3.8) is 0 Å². The molecule has 0 unspecified atom stereocenters. The van der Waals surface area contributed by atoms with Crippen molar-refractivity contribution < 1.29 is 22.4 Å². The first-order chi connectivity index (χ1) is 14.0. The normalized spacial score (nSPS) is 13.2. The third-order valence-corrected chi connectivity index (χ3v) is 5.74. The number of carbonyl (C=O) groups is 1. The molecule has 2 heterocycles. The Morgan fingerprint density at radius 2 is 1.90 bits per heavy atom. The first kappa shape index (κ1) is 19.0. The van der Waals surface area contributed by atoms with Gasteiger partial charge >= 0.3 is 0 Å². The van der Waals surface area contributed by atoms with Crippen LogP contribution in [-0.4, -0.2) is 20.9 Å². The van der Waals surface area contributed by atoms with E-state index >= 15 is 0 Å². The van der Waals surface area contributed by atoms with Crippen LogP contribution < -0.4 is 14.8 Å². The van der Waals surface area contributed by atoms with Gasteiger partial charge in [0.1, 0.15) is 18.1 Å². The molecule has 4 rings (SSSR count). The molecule has 1 aromatic heterocycles. The van der Waals surface area contributed by atoms with Gasteiger partial charge in [0.15, 0.2) is 0 Å². The van der Waals surface area contributed by atoms with Crippen LogP contribution in [0.1, 0.15) is 11.3 Å². The van der Waals surface area contributed by atoms with E-state index in [-0.39, 0.29) is 24.0 Å². The molecule has 148 valence electrons. The van der Waals surface area contributed by atoms with Gasteiger partial charge in [-0.05, 0) is 42.5 Å². The molecule has 7 nitrogen and oxygen atoms in total. The van der Waals surface area contributed by atoms with E-state index in [1.807, 2.05) is 24.3 Å². The number of hydrogen-bond acceptors (Lipinski definition) is 5. The van der Waals surface area contributed by atoms with Crippen molar-refractivity contribution >= 4 is 27.7 Å². The van der Waals surface area contributed by atoms with Crippen LogP contribution in [0.15, 0.2) is 81.8 Å². The molecule has 0 bridgehead atoms. The number of ether oxygens (including phenoxy) is 1. The monoisotopic (exact) mass is 410 g/mol. The van der Waals surface area contributed by atoms with Crippen molar-refractivity contribution in [2.24, 2.45) is 0 Å². The molecule has 0 spiro atoms. The standard InChI is InChI=1S/C21H18N2O5S/c24-21(16-11-15-5-1-2-9-20(15)28-14-16)23-17-6-3-8-19(12-17)29(25,26)22-13-18-7-4-10-27-18/h1-12,22H,13-14H2,(H,23,24). The Morgan fingerprint density at radius 1 is 1.03 bits per heavy atom. The maximum atomic E-state index is 12.6. The zero-order chi connectivity index (χ0) is 20.3. The second kappa shape index (κ2) is 7.94. The van der Waals surface area contributed by atoms with E-state index in [1.54, 1.807) is 30.3 Å². The van der Waals surface area contributed by atoms with Crippen molar-refractivity contribution in [3.05, 3.63) is 83.8 Å². The van der Waals surface area contributed by atoms with E-state index in [4.69, 9.17) is 9.15 Å². The van der Waals surface area contributed by atoms with Gasteiger partial charge in [0.2, 0.25) is 10.0 Å². The van der Waals surface area contributed by atoms with Crippen LogP contribution >= 0.6 is 0 Å². The summed E-state index contributed by atoms with van der Waals surface area (Å²) >= 11 is 0. The van der Waals surface area contributed by atoms with Gasteiger partial charge in [0, 0.05) is 11.3 Å². The van der Waals surface area contributed by atoms with E-state index < -0.39 is 10.0 Å². The van der Waals surface area contributed by atoms with Gasteiger partial charge < -0.3 is 14.5 Å². The number of amides is 1. The van der Waals surface area contributed by atoms with Crippen LogP contribution in [0.2, 0.25) is 0 Å². The molecule has 1 aliphatic rings. The van der Waals surface area contributed by atoms with Crippen LogP contribution in [0.25, 0.3) is 6.08 Å². The molecule has 2 aromatic carbocycles. The summed E-state index contributed by atoms with van der Waals surface area (Å²) in [6.07, 6.45) is 3.24. The lowest BCUT2D eigenvalue weighted by Gasteiger charge is -2.17. The summed E-state index contributed by atoms with van der Waals surface area (Å²) in [6, 6.07) is 16.8. The molecule has 1 amide bonds. The fourth-order valence-electron chi connectivity index (χ4n) is 2.86. The smallest absolute Gasteiger partial charge is 0.255 e. The minimum Gasteiger partial charge on any atom is -0.488 e. The van der Waals surface area contributed by atoms with Crippen molar-refractivity contribution in [3.8, 4) is 5.75 Å². The van der Waals surface area contributed by atoms with Crippen molar-refractivity contribution in [2.45, 2.75) is 11.4 Å². The van der Waals surface area contributed by atoms with Gasteiger partial charge in [-0.25, -0.2) is 13.1 Å². The topological polar surface area (TPSA) is 97.6 Å². The Bertz CT molecular complexity index is 1170. The van der Waals surface area contributed by atoms with E-state index in [0.717, 1.165) is 11.3 Å². The number of rotatable bonds is 6. The Labute approximate surface area is 168 Å². The number of anilines is 1. The Balaban J connectivity index is 1.47. The average Bonchev–Trinajstić information content (AvgIpc) is 3.26. The van der Waals surface area contributed by atoms with Gasteiger partial charge in [-0.3, -0.25) is 4.79 Å². The lowest BCUT2D eigenvalue weighted by Crippen LogP contribution is -2.24. The second-order valence-electron chi connectivity index (χ2n) is 6.38. The molecule has 0 atom stereocenters. The van der Waals surface area contributed by atoms with E-state index in [2.05, 4.69) is 10.0 Å². The molecular formula is C21H18N2O5S. The van der Waals surface area contributed by atoms with Crippen LogP contribution in [0, 0.1) is 0 Å². The molecule has 8 heteroatoms. The molecule has 0 saturated carbocycles. The number of nitrogens with one attached hydrogen (secondary N) is 2. The lowest BCUT2D eigenvalue weighted by molar-refractivity contribution is -0.113. The van der Waals surface area contributed by atoms with Crippen molar-refractivity contribution in [1.82, 2.24) is 4.72 Å². The number of hydrogen-bond donors (Lipinski definition) is 2. The number of carbonyl (C=O) groups excluding carboxylic acids is 1. The second-order valence-corrected chi connectivity index (χ2v) is 8.15. The molecule has 0 fully saturated rings. The summed E-state index contributed by atoms with van der Waals surface area (Å²) in [7, 11) is -3.76. The fourth-order valence-corrected chi connectivity index (χ4v) is 3.90. The quantitative estimate of drug-likeness (QED) is 0.651. The number of fused-ring (bicyclic) bond motifs is 1. The van der Waals surface area contributed by atoms with E-state index in [9.17, 15) is 13.2 Å². The highest BCUT2D eigenvalue weighted by molar-refractivity contribution is 7.89. The van der Waals surface area contributed by atoms with Crippen molar-refractivity contribution in [2.75, 3.05) is 11.9 Å². The predicted octanol–water partition coefficient (Wildman–Crippen LogP) is 3.17. The Hall–Kier alpha value is -3.36. The molecule has 2 N–H and O–H groups in total. The average molecular weight is 410 g/mol. The summed E-state index contributed by atoms with van der Waals surface area (Å²) in [4.78, 5) is 12.6.